The first-order valence-corrected chi connectivity index (χ1v) is 9.95. The van der Waals surface area contributed by atoms with Crippen LogP contribution in [0, 0.1) is 0 Å². The third-order valence-corrected chi connectivity index (χ3v) is 5.65. The van der Waals surface area contributed by atoms with Crippen molar-refractivity contribution in [1.29, 1.82) is 0 Å². The zero-order valence-electron chi connectivity index (χ0n) is 15.0. The Morgan fingerprint density at radius 1 is 1.16 bits per heavy atom. The zero-order chi connectivity index (χ0) is 17.5. The van der Waals surface area contributed by atoms with Crippen LogP contribution in [0.3, 0.4) is 0 Å². The molecule has 3 rings (SSSR count). The Kier molecular flexibility index (Phi) is 7.14. The largest absolute Gasteiger partial charge is 0.378 e. The minimum absolute atomic E-state index is 0.148. The first kappa shape index (κ1) is 18.7. The lowest BCUT2D eigenvalue weighted by atomic mass is 10.1. The van der Waals surface area contributed by atoms with Gasteiger partial charge in [-0.1, -0.05) is 29.8 Å². The second-order valence-electron chi connectivity index (χ2n) is 7.11. The Morgan fingerprint density at radius 2 is 1.96 bits per heavy atom. The lowest BCUT2D eigenvalue weighted by molar-refractivity contribution is -0.136. The van der Waals surface area contributed by atoms with E-state index in [0.717, 1.165) is 70.0 Å². The van der Waals surface area contributed by atoms with Gasteiger partial charge in [0.15, 0.2) is 0 Å². The number of carbonyl (C=O) groups is 1. The van der Waals surface area contributed by atoms with Crippen molar-refractivity contribution in [3.63, 3.8) is 0 Å². The number of hydrogen-bond acceptors (Lipinski definition) is 3. The summed E-state index contributed by atoms with van der Waals surface area (Å²) in [7, 11) is 0. The number of nitrogens with zero attached hydrogens (tertiary/aromatic N) is 2. The molecule has 0 saturated carbocycles. The Bertz CT molecular complexity index is 552. The van der Waals surface area contributed by atoms with Gasteiger partial charge in [0.2, 0.25) is 5.91 Å². The van der Waals surface area contributed by atoms with Crippen LogP contribution >= 0.6 is 11.6 Å². The lowest BCUT2D eigenvalue weighted by Gasteiger charge is -2.35. The van der Waals surface area contributed by atoms with Crippen LogP contribution in [0.25, 0.3) is 0 Å². The molecule has 1 aromatic rings. The van der Waals surface area contributed by atoms with Gasteiger partial charge in [-0.25, -0.2) is 0 Å². The normalized spacial score (nSPS) is 22.1. The summed E-state index contributed by atoms with van der Waals surface area (Å²) < 4.78 is 5.70. The predicted octanol–water partition coefficient (Wildman–Crippen LogP) is 3.38. The molecular formula is C20H29ClN2O2. The summed E-state index contributed by atoms with van der Waals surface area (Å²) in [6.45, 7) is 5.52. The van der Waals surface area contributed by atoms with Gasteiger partial charge in [-0.05, 0) is 50.3 Å². The molecular weight excluding hydrogens is 336 g/mol. The minimum Gasteiger partial charge on any atom is -0.378 e. The van der Waals surface area contributed by atoms with E-state index in [4.69, 9.17) is 16.3 Å². The monoisotopic (exact) mass is 364 g/mol. The molecule has 0 aromatic heterocycles. The van der Waals surface area contributed by atoms with Crippen molar-refractivity contribution in [2.75, 3.05) is 39.3 Å². The molecule has 25 heavy (non-hydrogen) atoms. The molecule has 2 saturated heterocycles. The molecule has 2 heterocycles. The number of halogens is 1. The summed E-state index contributed by atoms with van der Waals surface area (Å²) in [4.78, 5) is 16.9. The van der Waals surface area contributed by atoms with Gasteiger partial charge >= 0.3 is 0 Å². The molecule has 1 amide bonds. The number of piperazine rings is 1. The quantitative estimate of drug-likeness (QED) is 0.775. The highest BCUT2D eigenvalue weighted by Crippen LogP contribution is 2.18. The molecule has 0 bridgehead atoms. The maximum absolute atomic E-state index is 12.4. The van der Waals surface area contributed by atoms with Crippen molar-refractivity contribution >= 4 is 17.5 Å². The van der Waals surface area contributed by atoms with Crippen molar-refractivity contribution < 1.29 is 9.53 Å². The Labute approximate surface area is 156 Å². The van der Waals surface area contributed by atoms with Crippen molar-refractivity contribution in [3.05, 3.63) is 34.9 Å². The Balaban J connectivity index is 1.34. The standard InChI is InChI=1S/C20H29ClN2O2/c21-19-9-2-1-6-17(19)7-5-10-22-11-13-23(14-12-22)20(24)16-18-8-3-4-15-25-18/h1-2,6,9,18H,3-5,7-8,10-16H2. The van der Waals surface area contributed by atoms with E-state index in [1.165, 1.54) is 12.0 Å². The van der Waals surface area contributed by atoms with Crippen LogP contribution < -0.4 is 0 Å². The van der Waals surface area contributed by atoms with Crippen LogP contribution in [0.1, 0.15) is 37.7 Å². The number of amides is 1. The fraction of sp³-hybridized carbons (Fsp3) is 0.650. The SMILES string of the molecule is O=C(CC1CCCCO1)N1CCN(CCCc2ccccc2Cl)CC1. The van der Waals surface area contributed by atoms with E-state index in [9.17, 15) is 4.79 Å². The summed E-state index contributed by atoms with van der Waals surface area (Å²) in [5.41, 5.74) is 1.23. The van der Waals surface area contributed by atoms with E-state index in [2.05, 4.69) is 11.0 Å². The number of rotatable bonds is 6. The van der Waals surface area contributed by atoms with Gasteiger partial charge in [0.25, 0.3) is 0 Å². The van der Waals surface area contributed by atoms with Crippen molar-refractivity contribution in [1.82, 2.24) is 9.80 Å². The number of ether oxygens (including phenoxy) is 1. The predicted molar refractivity (Wildman–Crippen MR) is 101 cm³/mol. The van der Waals surface area contributed by atoms with Gasteiger partial charge in [0, 0.05) is 37.8 Å². The lowest BCUT2D eigenvalue weighted by Crippen LogP contribution is -2.49. The van der Waals surface area contributed by atoms with Gasteiger partial charge in [-0.15, -0.1) is 0 Å². The van der Waals surface area contributed by atoms with E-state index < -0.39 is 0 Å². The summed E-state index contributed by atoms with van der Waals surface area (Å²) in [6.07, 6.45) is 6.19. The van der Waals surface area contributed by atoms with E-state index >= 15 is 0 Å². The highest BCUT2D eigenvalue weighted by atomic mass is 35.5. The van der Waals surface area contributed by atoms with E-state index in [1.54, 1.807) is 0 Å². The van der Waals surface area contributed by atoms with E-state index in [-0.39, 0.29) is 12.0 Å². The fourth-order valence-corrected chi connectivity index (χ4v) is 3.94. The average molecular weight is 365 g/mol. The molecule has 2 aliphatic rings. The molecule has 1 unspecified atom stereocenters. The topological polar surface area (TPSA) is 32.8 Å². The fourth-order valence-electron chi connectivity index (χ4n) is 3.71. The van der Waals surface area contributed by atoms with Gasteiger partial charge in [-0.2, -0.15) is 0 Å². The number of aryl methyl sites for hydroxylation is 1. The summed E-state index contributed by atoms with van der Waals surface area (Å²) in [5, 5.41) is 0.864. The van der Waals surface area contributed by atoms with Gasteiger partial charge in [-0.3, -0.25) is 9.69 Å². The second-order valence-corrected chi connectivity index (χ2v) is 7.52. The molecule has 1 aromatic carbocycles. The first-order valence-electron chi connectivity index (χ1n) is 9.57. The average Bonchev–Trinajstić information content (AvgIpc) is 2.65. The van der Waals surface area contributed by atoms with Crippen LogP contribution in [-0.4, -0.2) is 61.1 Å². The molecule has 5 heteroatoms. The minimum atomic E-state index is 0.148. The van der Waals surface area contributed by atoms with Gasteiger partial charge < -0.3 is 9.64 Å². The molecule has 0 radical (unpaired) electrons. The second kappa shape index (κ2) is 9.56. The van der Waals surface area contributed by atoms with Gasteiger partial charge in [0.1, 0.15) is 0 Å². The Hall–Kier alpha value is -1.10. The highest BCUT2D eigenvalue weighted by Gasteiger charge is 2.24. The van der Waals surface area contributed by atoms with Crippen LogP contribution in [0.5, 0.6) is 0 Å². The number of carbonyl (C=O) groups excluding carboxylic acids is 1. The highest BCUT2D eigenvalue weighted by molar-refractivity contribution is 6.31. The molecule has 4 nitrogen and oxygen atoms in total. The molecule has 0 N–H and O–H groups in total. The zero-order valence-corrected chi connectivity index (χ0v) is 15.7. The van der Waals surface area contributed by atoms with E-state index in [1.807, 2.05) is 23.1 Å². The Morgan fingerprint density at radius 3 is 2.68 bits per heavy atom. The third kappa shape index (κ3) is 5.70. The summed E-state index contributed by atoms with van der Waals surface area (Å²) in [6, 6.07) is 8.08. The summed E-state index contributed by atoms with van der Waals surface area (Å²) >= 11 is 6.21. The third-order valence-electron chi connectivity index (χ3n) is 5.28. The maximum atomic E-state index is 12.4. The molecule has 0 spiro atoms. The maximum Gasteiger partial charge on any atom is 0.225 e. The molecule has 2 fully saturated rings. The van der Waals surface area contributed by atoms with Crippen LogP contribution in [0.4, 0.5) is 0 Å². The van der Waals surface area contributed by atoms with Crippen molar-refractivity contribution in [2.24, 2.45) is 0 Å². The van der Waals surface area contributed by atoms with Crippen molar-refractivity contribution in [3.8, 4) is 0 Å². The number of hydrogen-bond donors (Lipinski definition) is 0. The van der Waals surface area contributed by atoms with Crippen molar-refractivity contribution in [2.45, 2.75) is 44.6 Å². The molecule has 138 valence electrons. The van der Waals surface area contributed by atoms with Gasteiger partial charge in [0.05, 0.1) is 12.5 Å². The molecule has 2 aliphatic heterocycles. The smallest absolute Gasteiger partial charge is 0.225 e. The van der Waals surface area contributed by atoms with E-state index in [0.29, 0.717) is 6.42 Å². The summed E-state index contributed by atoms with van der Waals surface area (Å²) in [5.74, 6) is 0.266. The van der Waals surface area contributed by atoms with Crippen LogP contribution in [-0.2, 0) is 16.0 Å². The molecule has 0 aliphatic carbocycles. The molecule has 1 atom stereocenters. The van der Waals surface area contributed by atoms with Crippen LogP contribution in [0.2, 0.25) is 5.02 Å². The first-order chi connectivity index (χ1) is 12.2. The number of benzene rings is 1. The van der Waals surface area contributed by atoms with Crippen LogP contribution in [0.15, 0.2) is 24.3 Å².